The number of thiazole rings is 1. The van der Waals surface area contributed by atoms with Crippen LogP contribution in [0, 0.1) is 6.92 Å². The number of phenolic OH excluding ortho intramolecular Hbond substituents is 1. The van der Waals surface area contributed by atoms with Crippen molar-refractivity contribution in [3.8, 4) is 22.9 Å². The summed E-state index contributed by atoms with van der Waals surface area (Å²) in [6.45, 7) is 8.82. The van der Waals surface area contributed by atoms with Gasteiger partial charge in [0.05, 0.1) is 44.6 Å². The minimum absolute atomic E-state index is 0.0337. The number of para-hydroxylation sites is 1. The molecule has 6 rings (SSSR count). The molecule has 0 aliphatic carbocycles. The monoisotopic (exact) mass is 644 g/mol. The van der Waals surface area contributed by atoms with Gasteiger partial charge in [0, 0.05) is 36.8 Å². The topological polar surface area (TPSA) is 115 Å². The Labute approximate surface area is 269 Å². The van der Waals surface area contributed by atoms with E-state index < -0.39 is 6.03 Å². The van der Waals surface area contributed by atoms with Crippen LogP contribution in [0.15, 0.2) is 66.7 Å². The zero-order valence-corrected chi connectivity index (χ0v) is 27.1. The molecule has 0 spiro atoms. The number of carbonyl (C=O) groups excluding carboxylic acids is 1. The first-order valence-corrected chi connectivity index (χ1v) is 15.5. The lowest BCUT2D eigenvalue weighted by molar-refractivity contribution is 0.180. The first kappa shape index (κ1) is 30.4. The zero-order valence-electron chi connectivity index (χ0n) is 25.5. The number of aryl methyl sites for hydroxylation is 1. The van der Waals surface area contributed by atoms with Crippen molar-refractivity contribution in [2.45, 2.75) is 46.3 Å². The highest BCUT2D eigenvalue weighted by Gasteiger charge is 2.22. The molecule has 0 saturated carbocycles. The van der Waals surface area contributed by atoms with E-state index in [1.165, 1.54) is 6.07 Å². The largest absolute Gasteiger partial charge is 0.506 e. The average Bonchev–Trinajstić information content (AvgIpc) is 3.66. The summed E-state index contributed by atoms with van der Waals surface area (Å²) in [5, 5.41) is 20.6. The van der Waals surface area contributed by atoms with Gasteiger partial charge in [-0.05, 0) is 43.3 Å². The third kappa shape index (κ3) is 6.19. The van der Waals surface area contributed by atoms with Crippen LogP contribution in [0.3, 0.4) is 0 Å². The van der Waals surface area contributed by atoms with Crippen LogP contribution in [-0.4, -0.2) is 37.4 Å². The number of imidazole rings is 1. The molecule has 0 atom stereocenters. The molecular weight excluding hydrogens is 612 g/mol. The molecule has 3 aromatic carbocycles. The number of amides is 2. The molecule has 0 aliphatic rings. The molecule has 0 fully saturated rings. The highest BCUT2D eigenvalue weighted by molar-refractivity contribution is 7.23. The van der Waals surface area contributed by atoms with Gasteiger partial charge in [0.1, 0.15) is 23.1 Å². The lowest BCUT2D eigenvalue weighted by atomic mass is 9.92. The van der Waals surface area contributed by atoms with Gasteiger partial charge in [-0.1, -0.05) is 61.9 Å². The van der Waals surface area contributed by atoms with E-state index >= 15 is 0 Å². The molecule has 232 valence electrons. The van der Waals surface area contributed by atoms with Gasteiger partial charge in [-0.15, -0.1) is 0 Å². The number of nitrogens with one attached hydrogen (secondary N) is 2. The summed E-state index contributed by atoms with van der Waals surface area (Å²) >= 11 is 7.76. The lowest BCUT2D eigenvalue weighted by Crippen LogP contribution is -2.29. The lowest BCUT2D eigenvalue weighted by Gasteiger charge is -2.14. The molecule has 10 nitrogen and oxygen atoms in total. The number of hydrogen-bond acceptors (Lipinski definition) is 7. The van der Waals surface area contributed by atoms with E-state index in [4.69, 9.17) is 31.2 Å². The number of carbonyl (C=O) groups is 1. The Morgan fingerprint density at radius 2 is 1.89 bits per heavy atom. The third-order valence-corrected chi connectivity index (χ3v) is 8.64. The Kier molecular flexibility index (Phi) is 8.17. The average molecular weight is 645 g/mol. The second kappa shape index (κ2) is 12.1. The molecule has 3 N–H and O–H groups in total. The number of halogens is 1. The van der Waals surface area contributed by atoms with Gasteiger partial charge in [0.2, 0.25) is 0 Å². The van der Waals surface area contributed by atoms with Crippen molar-refractivity contribution in [1.29, 1.82) is 0 Å². The highest BCUT2D eigenvalue weighted by Crippen LogP contribution is 2.34. The number of nitrogens with zero attached hydrogens (tertiary/aromatic N) is 4. The van der Waals surface area contributed by atoms with E-state index in [9.17, 15) is 9.90 Å². The summed E-state index contributed by atoms with van der Waals surface area (Å²) in [4.78, 5) is 18.7. The molecule has 3 aromatic heterocycles. The molecule has 12 heteroatoms. The summed E-state index contributed by atoms with van der Waals surface area (Å²) in [5.41, 5.74) is 4.96. The summed E-state index contributed by atoms with van der Waals surface area (Å²) in [7, 11) is 1.68. The Morgan fingerprint density at radius 1 is 1.09 bits per heavy atom. The standard InChI is InChI=1S/C33H33ClN6O4S/c1-19-25(18-43-5)39-24-12-11-22(15-28(24)45-32(39)36-19)44-27-9-7-6-8-20(27)17-35-31(42)37-30-16-29(33(2,3)4)38-40(30)21-10-13-26(41)23(34)14-21/h6-16,41H,17-18H2,1-5H3,(H2,35,37,42). The number of hydrogen-bond donors (Lipinski definition) is 3. The van der Waals surface area contributed by atoms with Crippen molar-refractivity contribution in [2.24, 2.45) is 0 Å². The molecule has 0 saturated heterocycles. The van der Waals surface area contributed by atoms with Gasteiger partial charge in [-0.3, -0.25) is 9.72 Å². The van der Waals surface area contributed by atoms with E-state index in [0.29, 0.717) is 29.6 Å². The number of aromatic hydroxyl groups is 1. The molecule has 0 bridgehead atoms. The predicted octanol–water partition coefficient (Wildman–Crippen LogP) is 7.96. The summed E-state index contributed by atoms with van der Waals surface area (Å²) in [6.07, 6.45) is 0. The van der Waals surface area contributed by atoms with Crippen molar-refractivity contribution >= 4 is 50.0 Å². The first-order valence-electron chi connectivity index (χ1n) is 14.3. The van der Waals surface area contributed by atoms with Gasteiger partial charge >= 0.3 is 6.03 Å². The number of methoxy groups -OCH3 is 1. The minimum Gasteiger partial charge on any atom is -0.506 e. The Morgan fingerprint density at radius 3 is 2.64 bits per heavy atom. The van der Waals surface area contributed by atoms with Crippen LogP contribution in [-0.2, 0) is 23.3 Å². The third-order valence-electron chi connectivity index (χ3n) is 7.33. The second-order valence-electron chi connectivity index (χ2n) is 11.7. The normalized spacial score (nSPS) is 11.8. The molecule has 3 heterocycles. The molecule has 2 amide bonds. The highest BCUT2D eigenvalue weighted by atomic mass is 35.5. The van der Waals surface area contributed by atoms with Gasteiger partial charge in [0.25, 0.3) is 0 Å². The quantitative estimate of drug-likeness (QED) is 0.155. The Balaban J connectivity index is 1.19. The summed E-state index contributed by atoms with van der Waals surface area (Å²) in [6, 6.07) is 19.7. The van der Waals surface area contributed by atoms with Gasteiger partial charge in [0.15, 0.2) is 4.96 Å². The van der Waals surface area contributed by atoms with Gasteiger partial charge in [-0.25, -0.2) is 14.5 Å². The van der Waals surface area contributed by atoms with Crippen molar-refractivity contribution in [3.05, 3.63) is 94.4 Å². The van der Waals surface area contributed by atoms with Crippen LogP contribution >= 0.6 is 22.9 Å². The number of ether oxygens (including phenoxy) is 2. The Hall–Kier alpha value is -4.58. The van der Waals surface area contributed by atoms with E-state index in [1.54, 1.807) is 35.3 Å². The van der Waals surface area contributed by atoms with E-state index in [2.05, 4.69) is 15.0 Å². The van der Waals surface area contributed by atoms with Crippen molar-refractivity contribution < 1.29 is 19.4 Å². The number of aromatic nitrogens is 4. The molecule has 0 unspecified atom stereocenters. The number of fused-ring (bicyclic) bond motifs is 3. The number of urea groups is 1. The first-order chi connectivity index (χ1) is 21.5. The zero-order chi connectivity index (χ0) is 31.9. The smallest absolute Gasteiger partial charge is 0.320 e. The van der Waals surface area contributed by atoms with Crippen LogP contribution in [0.5, 0.6) is 17.2 Å². The van der Waals surface area contributed by atoms with Gasteiger partial charge in [-0.2, -0.15) is 5.10 Å². The fraction of sp³-hybridized carbons (Fsp3) is 0.242. The number of rotatable bonds is 8. The fourth-order valence-corrected chi connectivity index (χ4v) is 6.25. The van der Waals surface area contributed by atoms with E-state index in [1.807, 2.05) is 76.2 Å². The van der Waals surface area contributed by atoms with Crippen molar-refractivity contribution in [3.63, 3.8) is 0 Å². The number of benzene rings is 3. The van der Waals surface area contributed by atoms with Crippen LogP contribution < -0.4 is 15.4 Å². The van der Waals surface area contributed by atoms with Crippen LogP contribution in [0.2, 0.25) is 5.02 Å². The van der Waals surface area contributed by atoms with Crippen LogP contribution in [0.4, 0.5) is 10.6 Å². The molecule has 0 aliphatic heterocycles. The van der Waals surface area contributed by atoms with Crippen LogP contribution in [0.1, 0.15) is 43.4 Å². The van der Waals surface area contributed by atoms with E-state index in [0.717, 1.165) is 37.8 Å². The maximum absolute atomic E-state index is 13.1. The summed E-state index contributed by atoms with van der Waals surface area (Å²) < 4.78 is 16.5. The second-order valence-corrected chi connectivity index (χ2v) is 13.1. The maximum atomic E-state index is 13.1. The van der Waals surface area contributed by atoms with Crippen molar-refractivity contribution in [2.75, 3.05) is 12.4 Å². The SMILES string of the molecule is COCc1c(C)nc2sc3cc(Oc4ccccc4CNC(=O)Nc4cc(C(C)(C)C)nn4-c4ccc(O)c(Cl)c4)ccc3n12. The maximum Gasteiger partial charge on any atom is 0.320 e. The van der Waals surface area contributed by atoms with Crippen LogP contribution in [0.25, 0.3) is 20.9 Å². The molecular formula is C33H33ClN6O4S. The number of phenols is 1. The molecule has 0 radical (unpaired) electrons. The molecule has 6 aromatic rings. The minimum atomic E-state index is -0.415. The van der Waals surface area contributed by atoms with E-state index in [-0.39, 0.29) is 22.7 Å². The summed E-state index contributed by atoms with van der Waals surface area (Å²) in [5.74, 6) is 1.74. The fourth-order valence-electron chi connectivity index (χ4n) is 4.95. The number of anilines is 1. The van der Waals surface area contributed by atoms with Crippen molar-refractivity contribution in [1.82, 2.24) is 24.5 Å². The van der Waals surface area contributed by atoms with Gasteiger partial charge < -0.3 is 19.9 Å². The molecule has 45 heavy (non-hydrogen) atoms. The Bertz CT molecular complexity index is 2040. The predicted molar refractivity (Wildman–Crippen MR) is 177 cm³/mol.